The van der Waals surface area contributed by atoms with Crippen LogP contribution in [0.5, 0.6) is 0 Å². The molecule has 5 heteroatoms. The minimum absolute atomic E-state index is 0.445. The maximum absolute atomic E-state index is 5.09. The summed E-state index contributed by atoms with van der Waals surface area (Å²) in [5.41, 5.74) is 8.35. The second-order valence-electron chi connectivity index (χ2n) is 3.08. The van der Waals surface area contributed by atoms with Crippen LogP contribution in [0.4, 0.5) is 0 Å². The van der Waals surface area contributed by atoms with Crippen molar-refractivity contribution in [1.29, 1.82) is 0 Å². The maximum atomic E-state index is 5.09. The first-order valence-corrected chi connectivity index (χ1v) is 4.76. The van der Waals surface area contributed by atoms with Gasteiger partial charge in [-0.15, -0.1) is 0 Å². The average molecular weight is 188 g/mol. The zero-order valence-electron chi connectivity index (χ0n) is 7.10. The SMILES string of the molecule is NNC(=S)NNC1CCCCC1. The van der Waals surface area contributed by atoms with Crippen molar-refractivity contribution in [3.8, 4) is 0 Å². The van der Waals surface area contributed by atoms with Crippen molar-refractivity contribution in [1.82, 2.24) is 16.3 Å². The van der Waals surface area contributed by atoms with Crippen LogP contribution in [0.25, 0.3) is 0 Å². The molecule has 4 nitrogen and oxygen atoms in total. The lowest BCUT2D eigenvalue weighted by atomic mass is 9.96. The molecule has 0 radical (unpaired) electrons. The van der Waals surface area contributed by atoms with Crippen molar-refractivity contribution in [3.05, 3.63) is 0 Å². The average Bonchev–Trinajstić information content (AvgIpc) is 2.16. The summed E-state index contributed by atoms with van der Waals surface area (Å²) in [6.07, 6.45) is 6.42. The van der Waals surface area contributed by atoms with Crippen LogP contribution >= 0.6 is 12.2 Å². The summed E-state index contributed by atoms with van der Waals surface area (Å²) in [6, 6.07) is 0.546. The molecular weight excluding hydrogens is 172 g/mol. The monoisotopic (exact) mass is 188 g/mol. The fourth-order valence-electron chi connectivity index (χ4n) is 1.45. The Kier molecular flexibility index (Phi) is 4.27. The summed E-state index contributed by atoms with van der Waals surface area (Å²) < 4.78 is 0. The molecule has 1 fully saturated rings. The van der Waals surface area contributed by atoms with E-state index in [0.29, 0.717) is 11.2 Å². The van der Waals surface area contributed by atoms with Crippen LogP contribution in [-0.4, -0.2) is 11.2 Å². The molecule has 0 spiro atoms. The van der Waals surface area contributed by atoms with E-state index < -0.39 is 0 Å². The second-order valence-corrected chi connectivity index (χ2v) is 3.49. The lowest BCUT2D eigenvalue weighted by Crippen LogP contribution is -2.50. The predicted molar refractivity (Wildman–Crippen MR) is 53.1 cm³/mol. The van der Waals surface area contributed by atoms with Gasteiger partial charge in [0.15, 0.2) is 5.11 Å². The smallest absolute Gasteiger partial charge is 0.195 e. The van der Waals surface area contributed by atoms with Gasteiger partial charge in [-0.2, -0.15) is 0 Å². The lowest BCUT2D eigenvalue weighted by molar-refractivity contribution is 0.360. The Bertz CT molecular complexity index is 144. The van der Waals surface area contributed by atoms with Gasteiger partial charge in [-0.25, -0.2) is 11.3 Å². The normalized spacial score (nSPS) is 18.8. The summed E-state index contributed by atoms with van der Waals surface area (Å²) >= 11 is 4.81. The van der Waals surface area contributed by atoms with Gasteiger partial charge in [0.05, 0.1) is 0 Å². The summed E-state index contributed by atoms with van der Waals surface area (Å²) in [6.45, 7) is 0. The Balaban J connectivity index is 2.09. The van der Waals surface area contributed by atoms with Crippen LogP contribution in [-0.2, 0) is 0 Å². The Labute approximate surface area is 78.2 Å². The van der Waals surface area contributed by atoms with E-state index in [4.69, 9.17) is 18.1 Å². The molecule has 0 unspecified atom stereocenters. The van der Waals surface area contributed by atoms with E-state index in [2.05, 4.69) is 16.3 Å². The highest BCUT2D eigenvalue weighted by atomic mass is 32.1. The van der Waals surface area contributed by atoms with Gasteiger partial charge < -0.3 is 0 Å². The molecule has 0 heterocycles. The number of hydrogen-bond donors (Lipinski definition) is 4. The second kappa shape index (κ2) is 5.29. The molecule has 0 aliphatic heterocycles. The first-order chi connectivity index (χ1) is 5.83. The van der Waals surface area contributed by atoms with Gasteiger partial charge in [0.2, 0.25) is 0 Å². The number of hydrazine groups is 2. The Morgan fingerprint density at radius 1 is 1.25 bits per heavy atom. The first-order valence-electron chi connectivity index (χ1n) is 4.35. The zero-order chi connectivity index (χ0) is 8.81. The molecule has 1 rings (SSSR count). The highest BCUT2D eigenvalue weighted by molar-refractivity contribution is 7.80. The number of thiocarbonyl (C=S) groups is 1. The van der Waals surface area contributed by atoms with Crippen molar-refractivity contribution in [2.45, 2.75) is 38.1 Å². The topological polar surface area (TPSA) is 62.1 Å². The largest absolute Gasteiger partial charge is 0.300 e. The van der Waals surface area contributed by atoms with Crippen molar-refractivity contribution >= 4 is 17.3 Å². The lowest BCUT2D eigenvalue weighted by Gasteiger charge is -2.23. The van der Waals surface area contributed by atoms with Crippen molar-refractivity contribution in [3.63, 3.8) is 0 Å². The van der Waals surface area contributed by atoms with E-state index in [1.165, 1.54) is 32.1 Å². The molecular formula is C7H16N4S. The predicted octanol–water partition coefficient (Wildman–Crippen LogP) is 0.161. The molecule has 70 valence electrons. The van der Waals surface area contributed by atoms with Gasteiger partial charge in [0, 0.05) is 6.04 Å². The third kappa shape index (κ3) is 3.34. The summed E-state index contributed by atoms with van der Waals surface area (Å²) in [5.74, 6) is 5.09. The number of nitrogens with one attached hydrogen (secondary N) is 3. The van der Waals surface area contributed by atoms with Gasteiger partial charge in [0.25, 0.3) is 0 Å². The standard InChI is InChI=1S/C7H16N4S/c8-9-7(12)11-10-6-4-2-1-3-5-6/h6,10H,1-5,8H2,(H2,9,11,12). The Morgan fingerprint density at radius 2 is 1.92 bits per heavy atom. The molecule has 5 N–H and O–H groups in total. The summed E-state index contributed by atoms with van der Waals surface area (Å²) in [5, 5.41) is 0.445. The summed E-state index contributed by atoms with van der Waals surface area (Å²) in [7, 11) is 0. The molecule has 1 saturated carbocycles. The van der Waals surface area contributed by atoms with Crippen molar-refractivity contribution in [2.75, 3.05) is 0 Å². The molecule has 0 amide bonds. The van der Waals surface area contributed by atoms with Crippen LogP contribution in [0.15, 0.2) is 0 Å². The molecule has 0 aromatic heterocycles. The van der Waals surface area contributed by atoms with Gasteiger partial charge in [0.1, 0.15) is 0 Å². The zero-order valence-corrected chi connectivity index (χ0v) is 7.91. The molecule has 1 aliphatic carbocycles. The Hall–Kier alpha value is -0.390. The van der Waals surface area contributed by atoms with E-state index in [1.807, 2.05) is 0 Å². The number of rotatable bonds is 2. The van der Waals surface area contributed by atoms with Crippen LogP contribution in [0, 0.1) is 0 Å². The minimum atomic E-state index is 0.445. The van der Waals surface area contributed by atoms with Crippen molar-refractivity contribution < 1.29 is 0 Å². The van der Waals surface area contributed by atoms with E-state index in [-0.39, 0.29) is 0 Å². The van der Waals surface area contributed by atoms with Gasteiger partial charge >= 0.3 is 0 Å². The van der Waals surface area contributed by atoms with E-state index in [1.54, 1.807) is 0 Å². The molecule has 12 heavy (non-hydrogen) atoms. The molecule has 0 bridgehead atoms. The van der Waals surface area contributed by atoms with Crippen LogP contribution < -0.4 is 22.1 Å². The van der Waals surface area contributed by atoms with Gasteiger partial charge in [-0.3, -0.25) is 10.9 Å². The van der Waals surface area contributed by atoms with E-state index >= 15 is 0 Å². The minimum Gasteiger partial charge on any atom is -0.300 e. The number of nitrogens with two attached hydrogens (primary N) is 1. The molecule has 0 aromatic rings. The highest BCUT2D eigenvalue weighted by Gasteiger charge is 2.12. The highest BCUT2D eigenvalue weighted by Crippen LogP contribution is 2.16. The van der Waals surface area contributed by atoms with Crippen LogP contribution in [0.1, 0.15) is 32.1 Å². The third-order valence-electron chi connectivity index (χ3n) is 2.13. The molecule has 0 aromatic carbocycles. The number of hydrogen-bond acceptors (Lipinski definition) is 3. The molecule has 0 atom stereocenters. The Morgan fingerprint density at radius 3 is 2.50 bits per heavy atom. The van der Waals surface area contributed by atoms with E-state index in [9.17, 15) is 0 Å². The third-order valence-corrected chi connectivity index (χ3v) is 2.35. The maximum Gasteiger partial charge on any atom is 0.195 e. The quantitative estimate of drug-likeness (QED) is 0.282. The van der Waals surface area contributed by atoms with Gasteiger partial charge in [-0.05, 0) is 25.1 Å². The first kappa shape index (κ1) is 9.70. The van der Waals surface area contributed by atoms with Crippen LogP contribution in [0.2, 0.25) is 0 Å². The molecule has 1 aliphatic rings. The van der Waals surface area contributed by atoms with Gasteiger partial charge in [-0.1, -0.05) is 19.3 Å². The fraction of sp³-hybridized carbons (Fsp3) is 0.857. The van der Waals surface area contributed by atoms with Crippen molar-refractivity contribution in [2.24, 2.45) is 5.84 Å². The molecule has 0 saturated heterocycles. The summed E-state index contributed by atoms with van der Waals surface area (Å²) in [4.78, 5) is 0. The van der Waals surface area contributed by atoms with E-state index in [0.717, 1.165) is 0 Å². The fourth-order valence-corrected chi connectivity index (χ4v) is 1.51. The van der Waals surface area contributed by atoms with Crippen LogP contribution in [0.3, 0.4) is 0 Å².